The van der Waals surface area contributed by atoms with Gasteiger partial charge in [-0.25, -0.2) is 4.79 Å². The summed E-state index contributed by atoms with van der Waals surface area (Å²) >= 11 is 1.69. The van der Waals surface area contributed by atoms with Gasteiger partial charge in [0.2, 0.25) is 0 Å². The number of rotatable bonds is 3. The number of aromatic nitrogens is 2. The molecule has 106 valence electrons. The van der Waals surface area contributed by atoms with Crippen LogP contribution in [0.5, 0.6) is 0 Å². The molecule has 0 saturated heterocycles. The molecule has 5 nitrogen and oxygen atoms in total. The predicted molar refractivity (Wildman–Crippen MR) is 74.8 cm³/mol. The minimum Gasteiger partial charge on any atom is -0.459 e. The zero-order valence-corrected chi connectivity index (χ0v) is 12.2. The monoisotopic (exact) mass is 292 g/mol. The van der Waals surface area contributed by atoms with Crippen molar-refractivity contribution in [3.8, 4) is 10.8 Å². The van der Waals surface area contributed by atoms with Crippen molar-refractivity contribution in [1.29, 1.82) is 0 Å². The number of ether oxygens (including phenoxy) is 1. The standard InChI is InChI=1S/C14H16N2O3S/c1-2-18-14(17)13-16-15-12(19-13)11-8-9-6-4-3-5-7-10(9)20-11/h8H,2-7H2,1H3. The summed E-state index contributed by atoms with van der Waals surface area (Å²) in [7, 11) is 0. The summed E-state index contributed by atoms with van der Waals surface area (Å²) < 4.78 is 10.2. The van der Waals surface area contributed by atoms with Crippen molar-refractivity contribution >= 4 is 17.3 Å². The van der Waals surface area contributed by atoms with Gasteiger partial charge in [0.1, 0.15) is 0 Å². The first kappa shape index (κ1) is 13.3. The molecule has 0 bridgehead atoms. The van der Waals surface area contributed by atoms with Crippen LogP contribution in [0.25, 0.3) is 10.8 Å². The second kappa shape index (κ2) is 5.75. The lowest BCUT2D eigenvalue weighted by Gasteiger charge is -1.94. The average Bonchev–Trinajstić information content (AvgIpc) is 3.02. The molecule has 0 N–H and O–H groups in total. The predicted octanol–water partition coefficient (Wildman–Crippen LogP) is 3.24. The summed E-state index contributed by atoms with van der Waals surface area (Å²) in [5.74, 6) is -0.235. The van der Waals surface area contributed by atoms with E-state index in [0.29, 0.717) is 12.5 Å². The number of esters is 1. The van der Waals surface area contributed by atoms with E-state index in [1.54, 1.807) is 18.3 Å². The smallest absolute Gasteiger partial charge is 0.396 e. The molecular weight excluding hydrogens is 276 g/mol. The molecule has 0 fully saturated rings. The first-order chi connectivity index (χ1) is 9.78. The second-order valence-corrected chi connectivity index (χ2v) is 5.89. The zero-order valence-electron chi connectivity index (χ0n) is 11.3. The summed E-state index contributed by atoms with van der Waals surface area (Å²) in [6.45, 7) is 2.04. The van der Waals surface area contributed by atoms with Gasteiger partial charge < -0.3 is 9.15 Å². The van der Waals surface area contributed by atoms with Crippen molar-refractivity contribution in [3.05, 3.63) is 22.4 Å². The SMILES string of the molecule is CCOC(=O)c1nnc(-c2cc3c(s2)CCCCC3)o1. The molecule has 0 saturated carbocycles. The Morgan fingerprint density at radius 2 is 2.20 bits per heavy atom. The number of fused-ring (bicyclic) bond motifs is 1. The topological polar surface area (TPSA) is 65.2 Å². The molecule has 2 aromatic rings. The summed E-state index contributed by atoms with van der Waals surface area (Å²) in [5.41, 5.74) is 1.39. The van der Waals surface area contributed by atoms with Crippen LogP contribution in [0.3, 0.4) is 0 Å². The highest BCUT2D eigenvalue weighted by atomic mass is 32.1. The Morgan fingerprint density at radius 1 is 1.35 bits per heavy atom. The summed E-state index contributed by atoms with van der Waals surface area (Å²) in [6.07, 6.45) is 6.01. The fourth-order valence-corrected chi connectivity index (χ4v) is 3.55. The average molecular weight is 292 g/mol. The van der Waals surface area contributed by atoms with Gasteiger partial charge in [0, 0.05) is 4.88 Å². The molecule has 0 radical (unpaired) electrons. The van der Waals surface area contributed by atoms with Gasteiger partial charge >= 0.3 is 11.9 Å². The molecule has 0 aromatic carbocycles. The van der Waals surface area contributed by atoms with Gasteiger partial charge in [-0.3, -0.25) is 0 Å². The summed E-state index contributed by atoms with van der Waals surface area (Å²) in [5, 5.41) is 7.70. The number of nitrogens with zero attached hydrogens (tertiary/aromatic N) is 2. The van der Waals surface area contributed by atoms with E-state index in [2.05, 4.69) is 16.3 Å². The fraction of sp³-hybridized carbons (Fsp3) is 0.500. The molecule has 1 aliphatic rings. The highest BCUT2D eigenvalue weighted by molar-refractivity contribution is 7.15. The third-order valence-corrected chi connectivity index (χ3v) is 4.56. The van der Waals surface area contributed by atoms with Gasteiger partial charge in [-0.15, -0.1) is 21.5 Å². The van der Waals surface area contributed by atoms with Crippen molar-refractivity contribution in [1.82, 2.24) is 10.2 Å². The quantitative estimate of drug-likeness (QED) is 0.642. The maximum atomic E-state index is 11.5. The van der Waals surface area contributed by atoms with Gasteiger partial charge in [-0.05, 0) is 44.2 Å². The summed E-state index contributed by atoms with van der Waals surface area (Å²) in [4.78, 5) is 13.9. The Morgan fingerprint density at radius 3 is 3.05 bits per heavy atom. The van der Waals surface area contributed by atoms with E-state index in [-0.39, 0.29) is 5.89 Å². The maximum absolute atomic E-state index is 11.5. The van der Waals surface area contributed by atoms with Crippen molar-refractivity contribution in [2.24, 2.45) is 0 Å². The van der Waals surface area contributed by atoms with Gasteiger partial charge in [-0.2, -0.15) is 0 Å². The first-order valence-electron chi connectivity index (χ1n) is 6.90. The number of thiophene rings is 1. The third-order valence-electron chi connectivity index (χ3n) is 3.33. The molecule has 20 heavy (non-hydrogen) atoms. The van der Waals surface area contributed by atoms with Gasteiger partial charge in [-0.1, -0.05) is 6.42 Å². The Bertz CT molecular complexity index is 594. The molecular formula is C14H16N2O3S. The van der Waals surface area contributed by atoms with Crippen LogP contribution in [0.15, 0.2) is 10.5 Å². The van der Waals surface area contributed by atoms with E-state index >= 15 is 0 Å². The maximum Gasteiger partial charge on any atom is 0.396 e. The lowest BCUT2D eigenvalue weighted by Crippen LogP contribution is -2.04. The molecule has 2 heterocycles. The van der Waals surface area contributed by atoms with Crippen LogP contribution in [-0.4, -0.2) is 22.8 Å². The van der Waals surface area contributed by atoms with Crippen molar-refractivity contribution < 1.29 is 13.9 Å². The molecule has 0 spiro atoms. The Hall–Kier alpha value is -1.69. The first-order valence-corrected chi connectivity index (χ1v) is 7.72. The van der Waals surface area contributed by atoms with Crippen LogP contribution in [0.4, 0.5) is 0 Å². The van der Waals surface area contributed by atoms with E-state index in [1.165, 1.54) is 29.7 Å². The number of carbonyl (C=O) groups is 1. The van der Waals surface area contributed by atoms with Gasteiger partial charge in [0.25, 0.3) is 5.89 Å². The highest BCUT2D eigenvalue weighted by Crippen LogP contribution is 2.34. The molecule has 0 unspecified atom stereocenters. The second-order valence-electron chi connectivity index (χ2n) is 4.75. The lowest BCUT2D eigenvalue weighted by molar-refractivity contribution is 0.0481. The number of hydrogen-bond donors (Lipinski definition) is 0. The van der Waals surface area contributed by atoms with Crippen LogP contribution in [0.1, 0.15) is 47.3 Å². The minimum absolute atomic E-state index is 0.0783. The van der Waals surface area contributed by atoms with Crippen LogP contribution in [0.2, 0.25) is 0 Å². The van der Waals surface area contributed by atoms with Crippen LogP contribution in [0, 0.1) is 0 Å². The van der Waals surface area contributed by atoms with E-state index < -0.39 is 5.97 Å². The Kier molecular flexibility index (Phi) is 3.82. The molecule has 0 amide bonds. The van der Waals surface area contributed by atoms with Crippen molar-refractivity contribution in [2.75, 3.05) is 6.61 Å². The molecule has 1 aliphatic carbocycles. The van der Waals surface area contributed by atoms with Crippen LogP contribution >= 0.6 is 11.3 Å². The Balaban J connectivity index is 1.84. The van der Waals surface area contributed by atoms with Gasteiger partial charge in [0.05, 0.1) is 11.5 Å². The zero-order chi connectivity index (χ0) is 13.9. The van der Waals surface area contributed by atoms with Crippen LogP contribution in [-0.2, 0) is 17.6 Å². The van der Waals surface area contributed by atoms with Crippen molar-refractivity contribution in [2.45, 2.75) is 39.0 Å². The number of carbonyl (C=O) groups excluding carboxylic acids is 1. The van der Waals surface area contributed by atoms with Crippen LogP contribution < -0.4 is 0 Å². The molecule has 3 rings (SSSR count). The van der Waals surface area contributed by atoms with Crippen molar-refractivity contribution in [3.63, 3.8) is 0 Å². The number of aryl methyl sites for hydroxylation is 2. The largest absolute Gasteiger partial charge is 0.459 e. The summed E-state index contributed by atoms with van der Waals surface area (Å²) in [6, 6.07) is 2.12. The lowest BCUT2D eigenvalue weighted by atomic mass is 10.1. The molecule has 6 heteroatoms. The molecule has 2 aromatic heterocycles. The third kappa shape index (κ3) is 2.60. The van der Waals surface area contributed by atoms with E-state index in [0.717, 1.165) is 17.7 Å². The van der Waals surface area contributed by atoms with E-state index in [1.807, 2.05) is 0 Å². The normalized spacial score (nSPS) is 14.7. The minimum atomic E-state index is -0.565. The Labute approximate surface area is 121 Å². The molecule has 0 atom stereocenters. The highest BCUT2D eigenvalue weighted by Gasteiger charge is 2.20. The van der Waals surface area contributed by atoms with Gasteiger partial charge in [0.15, 0.2) is 0 Å². The van der Waals surface area contributed by atoms with E-state index in [9.17, 15) is 4.79 Å². The molecule has 0 aliphatic heterocycles. The van der Waals surface area contributed by atoms with E-state index in [4.69, 9.17) is 9.15 Å². The number of hydrogen-bond acceptors (Lipinski definition) is 6. The fourth-order valence-electron chi connectivity index (χ4n) is 2.37.